The van der Waals surface area contributed by atoms with E-state index in [1.165, 1.54) is 0 Å². The summed E-state index contributed by atoms with van der Waals surface area (Å²) in [7, 11) is 0. The first-order chi connectivity index (χ1) is 8.98. The lowest BCUT2D eigenvalue weighted by atomic mass is 9.80. The molecule has 0 aromatic heterocycles. The number of carbonyl (C=O) groups is 1. The fourth-order valence-electron chi connectivity index (χ4n) is 1.81. The number of benzene rings is 1. The van der Waals surface area contributed by atoms with Gasteiger partial charge in [0.15, 0.2) is 6.61 Å². The third-order valence-corrected chi connectivity index (χ3v) is 3.68. The fraction of sp³-hybridized carbons (Fsp3) is 0.462. The summed E-state index contributed by atoms with van der Waals surface area (Å²) in [5.41, 5.74) is -0.729. The van der Waals surface area contributed by atoms with Gasteiger partial charge in [0.2, 0.25) is 0 Å². The van der Waals surface area contributed by atoms with Crippen LogP contribution in [0.25, 0.3) is 0 Å². The summed E-state index contributed by atoms with van der Waals surface area (Å²) in [6.45, 7) is 0.126. The molecule has 0 atom stereocenters. The second-order valence-electron chi connectivity index (χ2n) is 4.72. The molecular formula is C13H15Cl2NO3. The van der Waals surface area contributed by atoms with Gasteiger partial charge in [-0.25, -0.2) is 0 Å². The van der Waals surface area contributed by atoms with E-state index in [-0.39, 0.29) is 19.1 Å². The zero-order valence-corrected chi connectivity index (χ0v) is 11.8. The molecule has 104 valence electrons. The Labute approximate surface area is 121 Å². The van der Waals surface area contributed by atoms with E-state index in [0.29, 0.717) is 15.8 Å². The Morgan fingerprint density at radius 1 is 1.42 bits per heavy atom. The van der Waals surface area contributed by atoms with Gasteiger partial charge in [-0.05, 0) is 37.5 Å². The SMILES string of the molecule is O=C(COc1ccc(Cl)cc1Cl)NCC1(O)CCC1. The lowest BCUT2D eigenvalue weighted by Crippen LogP contribution is -2.48. The number of ether oxygens (including phenoxy) is 1. The summed E-state index contributed by atoms with van der Waals surface area (Å²) >= 11 is 11.7. The first kappa shape index (κ1) is 14.4. The predicted octanol–water partition coefficient (Wildman–Crippen LogP) is 2.40. The van der Waals surface area contributed by atoms with Gasteiger partial charge < -0.3 is 15.2 Å². The highest BCUT2D eigenvalue weighted by atomic mass is 35.5. The summed E-state index contributed by atoms with van der Waals surface area (Å²) in [4.78, 5) is 11.6. The van der Waals surface area contributed by atoms with Gasteiger partial charge in [-0.3, -0.25) is 4.79 Å². The Hall–Kier alpha value is -0.970. The Balaban J connectivity index is 1.76. The lowest BCUT2D eigenvalue weighted by molar-refractivity contribution is -0.125. The highest BCUT2D eigenvalue weighted by Gasteiger charge is 2.34. The maximum atomic E-state index is 11.6. The zero-order chi connectivity index (χ0) is 13.9. The van der Waals surface area contributed by atoms with Crippen LogP contribution in [0, 0.1) is 0 Å². The van der Waals surface area contributed by atoms with Crippen molar-refractivity contribution in [2.24, 2.45) is 0 Å². The van der Waals surface area contributed by atoms with Crippen molar-refractivity contribution in [2.45, 2.75) is 24.9 Å². The van der Waals surface area contributed by atoms with Crippen LogP contribution in [0.4, 0.5) is 0 Å². The van der Waals surface area contributed by atoms with Crippen LogP contribution < -0.4 is 10.1 Å². The average molecular weight is 304 g/mol. The van der Waals surface area contributed by atoms with Crippen LogP contribution in [0.3, 0.4) is 0 Å². The molecule has 1 amide bonds. The Kier molecular flexibility index (Phi) is 4.55. The highest BCUT2D eigenvalue weighted by Crippen LogP contribution is 2.30. The van der Waals surface area contributed by atoms with Crippen molar-refractivity contribution in [3.63, 3.8) is 0 Å². The number of aliphatic hydroxyl groups is 1. The van der Waals surface area contributed by atoms with Gasteiger partial charge >= 0.3 is 0 Å². The van der Waals surface area contributed by atoms with E-state index in [9.17, 15) is 9.90 Å². The molecule has 0 spiro atoms. The molecule has 19 heavy (non-hydrogen) atoms. The number of hydrogen-bond acceptors (Lipinski definition) is 3. The largest absolute Gasteiger partial charge is 0.482 e. The molecule has 1 aromatic carbocycles. The summed E-state index contributed by atoms with van der Waals surface area (Å²) < 4.78 is 5.29. The van der Waals surface area contributed by atoms with Gasteiger partial charge in [-0.15, -0.1) is 0 Å². The first-order valence-corrected chi connectivity index (χ1v) is 6.81. The number of halogens is 2. The van der Waals surface area contributed by atoms with Crippen molar-refractivity contribution in [1.82, 2.24) is 5.32 Å². The van der Waals surface area contributed by atoms with E-state index >= 15 is 0 Å². The first-order valence-electron chi connectivity index (χ1n) is 6.05. The number of carbonyl (C=O) groups excluding carboxylic acids is 1. The maximum absolute atomic E-state index is 11.6. The van der Waals surface area contributed by atoms with Crippen LogP contribution in [0.2, 0.25) is 10.0 Å². The minimum Gasteiger partial charge on any atom is -0.482 e. The summed E-state index contributed by atoms with van der Waals surface area (Å²) in [5.74, 6) is 0.120. The molecule has 0 radical (unpaired) electrons. The average Bonchev–Trinajstić information content (AvgIpc) is 2.33. The topological polar surface area (TPSA) is 58.6 Å². The van der Waals surface area contributed by atoms with Gasteiger partial charge in [0.1, 0.15) is 5.75 Å². The van der Waals surface area contributed by atoms with Crippen molar-refractivity contribution < 1.29 is 14.6 Å². The Morgan fingerprint density at radius 2 is 2.16 bits per heavy atom. The summed E-state index contributed by atoms with van der Waals surface area (Å²) in [6.07, 6.45) is 2.47. The quantitative estimate of drug-likeness (QED) is 0.878. The number of amides is 1. The third kappa shape index (κ3) is 4.00. The van der Waals surface area contributed by atoms with Gasteiger partial charge in [0.05, 0.1) is 10.6 Å². The van der Waals surface area contributed by atoms with E-state index in [4.69, 9.17) is 27.9 Å². The van der Waals surface area contributed by atoms with E-state index in [0.717, 1.165) is 19.3 Å². The van der Waals surface area contributed by atoms with Gasteiger partial charge in [0.25, 0.3) is 5.91 Å². The van der Waals surface area contributed by atoms with Gasteiger partial charge in [-0.2, -0.15) is 0 Å². The van der Waals surface area contributed by atoms with Crippen LogP contribution in [-0.2, 0) is 4.79 Å². The molecule has 6 heteroatoms. The molecule has 0 unspecified atom stereocenters. The van der Waals surface area contributed by atoms with Crippen molar-refractivity contribution >= 4 is 29.1 Å². The van der Waals surface area contributed by atoms with Gasteiger partial charge in [0, 0.05) is 11.6 Å². The molecular weight excluding hydrogens is 289 g/mol. The van der Waals surface area contributed by atoms with E-state index in [2.05, 4.69) is 5.32 Å². The second kappa shape index (κ2) is 5.99. The highest BCUT2D eigenvalue weighted by molar-refractivity contribution is 6.35. The third-order valence-electron chi connectivity index (χ3n) is 3.15. The van der Waals surface area contributed by atoms with Crippen LogP contribution in [0.15, 0.2) is 18.2 Å². The van der Waals surface area contributed by atoms with Gasteiger partial charge in [-0.1, -0.05) is 23.2 Å². The van der Waals surface area contributed by atoms with E-state index < -0.39 is 5.60 Å². The minimum atomic E-state index is -0.729. The maximum Gasteiger partial charge on any atom is 0.258 e. The van der Waals surface area contributed by atoms with Crippen molar-refractivity contribution in [2.75, 3.05) is 13.2 Å². The lowest BCUT2D eigenvalue weighted by Gasteiger charge is -2.36. The second-order valence-corrected chi connectivity index (χ2v) is 5.56. The zero-order valence-electron chi connectivity index (χ0n) is 10.3. The van der Waals surface area contributed by atoms with E-state index in [1.807, 2.05) is 0 Å². The summed E-state index contributed by atoms with van der Waals surface area (Å²) in [5, 5.41) is 13.3. The molecule has 1 fully saturated rings. The summed E-state index contributed by atoms with van der Waals surface area (Å²) in [6, 6.07) is 4.79. The minimum absolute atomic E-state index is 0.141. The predicted molar refractivity (Wildman–Crippen MR) is 73.8 cm³/mol. The molecule has 0 saturated heterocycles. The van der Waals surface area contributed by atoms with Crippen molar-refractivity contribution in [3.8, 4) is 5.75 Å². The van der Waals surface area contributed by atoms with E-state index in [1.54, 1.807) is 18.2 Å². The van der Waals surface area contributed by atoms with Crippen LogP contribution in [0.5, 0.6) is 5.75 Å². The monoisotopic (exact) mass is 303 g/mol. The Bertz CT molecular complexity index is 475. The smallest absolute Gasteiger partial charge is 0.258 e. The number of rotatable bonds is 5. The molecule has 0 bridgehead atoms. The molecule has 2 N–H and O–H groups in total. The molecule has 4 nitrogen and oxygen atoms in total. The Morgan fingerprint density at radius 3 is 2.74 bits per heavy atom. The molecule has 0 aliphatic heterocycles. The van der Waals surface area contributed by atoms with Crippen molar-refractivity contribution in [3.05, 3.63) is 28.2 Å². The molecule has 1 aliphatic carbocycles. The van der Waals surface area contributed by atoms with Crippen molar-refractivity contribution in [1.29, 1.82) is 0 Å². The molecule has 0 heterocycles. The van der Waals surface area contributed by atoms with Crippen LogP contribution in [0.1, 0.15) is 19.3 Å². The fourth-order valence-corrected chi connectivity index (χ4v) is 2.27. The van der Waals surface area contributed by atoms with Crippen LogP contribution in [-0.4, -0.2) is 29.8 Å². The number of hydrogen-bond donors (Lipinski definition) is 2. The molecule has 2 rings (SSSR count). The molecule has 1 aromatic rings. The standard InChI is InChI=1S/C13H15Cl2NO3/c14-9-2-3-11(10(15)6-9)19-7-12(17)16-8-13(18)4-1-5-13/h2-3,6,18H,1,4-5,7-8H2,(H,16,17). The molecule has 1 saturated carbocycles. The molecule has 1 aliphatic rings. The normalized spacial score (nSPS) is 16.6. The number of nitrogens with one attached hydrogen (secondary N) is 1. The van der Waals surface area contributed by atoms with Crippen LogP contribution >= 0.6 is 23.2 Å².